The van der Waals surface area contributed by atoms with Gasteiger partial charge in [-0.2, -0.15) is 11.3 Å². The third-order valence-electron chi connectivity index (χ3n) is 3.03. The average Bonchev–Trinajstić information content (AvgIpc) is 2.87. The van der Waals surface area contributed by atoms with Crippen LogP contribution in [0.5, 0.6) is 0 Å². The van der Waals surface area contributed by atoms with E-state index in [9.17, 15) is 4.39 Å². The summed E-state index contributed by atoms with van der Waals surface area (Å²) >= 11 is 7.62. The van der Waals surface area contributed by atoms with E-state index in [1.54, 1.807) is 23.5 Å². The van der Waals surface area contributed by atoms with Crippen molar-refractivity contribution in [1.82, 2.24) is 5.32 Å². The first kappa shape index (κ1) is 14.5. The SMILES string of the molecule is CCNC(Cc1ccsc1)Cc1cc(Cl)ccc1F. The van der Waals surface area contributed by atoms with Crippen molar-refractivity contribution in [3.63, 3.8) is 0 Å². The van der Waals surface area contributed by atoms with Crippen LogP contribution < -0.4 is 5.32 Å². The van der Waals surface area contributed by atoms with Crippen LogP contribution in [0.3, 0.4) is 0 Å². The van der Waals surface area contributed by atoms with Crippen LogP contribution in [-0.4, -0.2) is 12.6 Å². The van der Waals surface area contributed by atoms with Gasteiger partial charge in [-0.25, -0.2) is 4.39 Å². The Hall–Kier alpha value is -0.900. The molecule has 0 aliphatic rings. The highest BCUT2D eigenvalue weighted by atomic mass is 35.5. The highest BCUT2D eigenvalue weighted by Gasteiger charge is 2.13. The maximum absolute atomic E-state index is 13.8. The summed E-state index contributed by atoms with van der Waals surface area (Å²) < 4.78 is 13.8. The van der Waals surface area contributed by atoms with Crippen LogP contribution in [0.1, 0.15) is 18.1 Å². The molecule has 0 saturated heterocycles. The summed E-state index contributed by atoms with van der Waals surface area (Å²) in [7, 11) is 0. The molecular formula is C15H17ClFNS. The van der Waals surface area contributed by atoms with E-state index in [0.717, 1.165) is 13.0 Å². The quantitative estimate of drug-likeness (QED) is 0.838. The standard InChI is InChI=1S/C15H17ClFNS/c1-2-18-14(7-11-5-6-19-10-11)9-12-8-13(16)3-4-15(12)17/h3-6,8,10,14,18H,2,7,9H2,1H3. The fourth-order valence-corrected chi connectivity index (χ4v) is 3.04. The Balaban J connectivity index is 2.09. The zero-order chi connectivity index (χ0) is 13.7. The molecule has 0 bridgehead atoms. The molecule has 19 heavy (non-hydrogen) atoms. The first-order chi connectivity index (χ1) is 9.19. The zero-order valence-corrected chi connectivity index (χ0v) is 12.4. The second kappa shape index (κ2) is 7.04. The van der Waals surface area contributed by atoms with Crippen molar-refractivity contribution in [2.24, 2.45) is 0 Å². The molecule has 0 aliphatic heterocycles. The van der Waals surface area contributed by atoms with Crippen molar-refractivity contribution in [3.05, 3.63) is 57.0 Å². The topological polar surface area (TPSA) is 12.0 Å². The van der Waals surface area contributed by atoms with Gasteiger partial charge in [0.05, 0.1) is 0 Å². The molecule has 102 valence electrons. The highest BCUT2D eigenvalue weighted by molar-refractivity contribution is 7.07. The van der Waals surface area contributed by atoms with Crippen LogP contribution in [0.2, 0.25) is 5.02 Å². The van der Waals surface area contributed by atoms with Gasteiger partial charge >= 0.3 is 0 Å². The van der Waals surface area contributed by atoms with Gasteiger partial charge < -0.3 is 5.32 Å². The fourth-order valence-electron chi connectivity index (χ4n) is 2.16. The van der Waals surface area contributed by atoms with E-state index >= 15 is 0 Å². The van der Waals surface area contributed by atoms with Gasteiger partial charge in [0.25, 0.3) is 0 Å². The predicted molar refractivity (Wildman–Crippen MR) is 80.6 cm³/mol. The van der Waals surface area contributed by atoms with Gasteiger partial charge in [0.1, 0.15) is 5.82 Å². The summed E-state index contributed by atoms with van der Waals surface area (Å²) in [4.78, 5) is 0. The zero-order valence-electron chi connectivity index (χ0n) is 10.8. The van der Waals surface area contributed by atoms with Crippen LogP contribution >= 0.6 is 22.9 Å². The van der Waals surface area contributed by atoms with E-state index in [4.69, 9.17) is 11.6 Å². The van der Waals surface area contributed by atoms with Crippen LogP contribution in [0, 0.1) is 5.82 Å². The summed E-state index contributed by atoms with van der Waals surface area (Å²) in [6.07, 6.45) is 1.55. The van der Waals surface area contributed by atoms with Crippen molar-refractivity contribution in [3.8, 4) is 0 Å². The molecule has 1 nitrogen and oxygen atoms in total. The van der Waals surface area contributed by atoms with Crippen molar-refractivity contribution in [2.45, 2.75) is 25.8 Å². The van der Waals surface area contributed by atoms with Crippen molar-refractivity contribution >= 4 is 22.9 Å². The van der Waals surface area contributed by atoms with E-state index in [1.807, 2.05) is 0 Å². The highest BCUT2D eigenvalue weighted by Crippen LogP contribution is 2.18. The first-order valence-electron chi connectivity index (χ1n) is 6.37. The molecule has 0 aliphatic carbocycles. The molecule has 0 spiro atoms. The molecule has 1 aromatic carbocycles. The molecule has 4 heteroatoms. The van der Waals surface area contributed by atoms with Crippen LogP contribution in [0.25, 0.3) is 0 Å². The summed E-state index contributed by atoms with van der Waals surface area (Å²) in [5.74, 6) is -0.183. The van der Waals surface area contributed by atoms with Crippen molar-refractivity contribution < 1.29 is 4.39 Å². The van der Waals surface area contributed by atoms with E-state index in [-0.39, 0.29) is 11.9 Å². The van der Waals surface area contributed by atoms with Crippen molar-refractivity contribution in [1.29, 1.82) is 0 Å². The molecular weight excluding hydrogens is 281 g/mol. The van der Waals surface area contributed by atoms with Crippen LogP contribution in [0.15, 0.2) is 35.0 Å². The number of hydrogen-bond acceptors (Lipinski definition) is 2. The molecule has 0 fully saturated rings. The molecule has 1 aromatic heterocycles. The van der Waals surface area contributed by atoms with E-state index in [0.29, 0.717) is 17.0 Å². The molecule has 0 radical (unpaired) electrons. The minimum absolute atomic E-state index is 0.183. The Morgan fingerprint density at radius 2 is 2.16 bits per heavy atom. The number of benzene rings is 1. The van der Waals surface area contributed by atoms with Gasteiger partial charge in [-0.15, -0.1) is 0 Å². The summed E-state index contributed by atoms with van der Waals surface area (Å²) in [6, 6.07) is 7.08. The second-order valence-electron chi connectivity index (χ2n) is 4.53. The largest absolute Gasteiger partial charge is 0.314 e. The molecule has 1 unspecified atom stereocenters. The molecule has 2 rings (SSSR count). The number of thiophene rings is 1. The molecule has 1 N–H and O–H groups in total. The second-order valence-corrected chi connectivity index (χ2v) is 5.75. The average molecular weight is 298 g/mol. The van der Waals surface area contributed by atoms with Gasteiger partial charge in [0, 0.05) is 11.1 Å². The Labute approximate surface area is 122 Å². The van der Waals surface area contributed by atoms with Gasteiger partial charge in [0.15, 0.2) is 0 Å². The molecule has 1 atom stereocenters. The van der Waals surface area contributed by atoms with Gasteiger partial charge in [0.2, 0.25) is 0 Å². The third kappa shape index (κ3) is 4.30. The summed E-state index contributed by atoms with van der Waals surface area (Å²) in [6.45, 7) is 2.94. The van der Waals surface area contributed by atoms with E-state index < -0.39 is 0 Å². The number of rotatable bonds is 6. The number of hydrogen-bond donors (Lipinski definition) is 1. The Morgan fingerprint density at radius 1 is 1.32 bits per heavy atom. The minimum atomic E-state index is -0.183. The van der Waals surface area contributed by atoms with Gasteiger partial charge in [-0.05, 0) is 65.5 Å². The lowest BCUT2D eigenvalue weighted by Gasteiger charge is -2.18. The summed E-state index contributed by atoms with van der Waals surface area (Å²) in [5, 5.41) is 8.20. The number of likely N-dealkylation sites (N-methyl/N-ethyl adjacent to an activating group) is 1. The Morgan fingerprint density at radius 3 is 2.84 bits per heavy atom. The lowest BCUT2D eigenvalue weighted by molar-refractivity contribution is 0.506. The van der Waals surface area contributed by atoms with Gasteiger partial charge in [-0.3, -0.25) is 0 Å². The number of halogens is 2. The van der Waals surface area contributed by atoms with E-state index in [1.165, 1.54) is 11.6 Å². The molecule has 0 amide bonds. The molecule has 2 aromatic rings. The van der Waals surface area contributed by atoms with Crippen LogP contribution in [-0.2, 0) is 12.8 Å². The minimum Gasteiger partial charge on any atom is -0.314 e. The maximum Gasteiger partial charge on any atom is 0.126 e. The normalized spacial score (nSPS) is 12.6. The number of nitrogens with one attached hydrogen (secondary N) is 1. The van der Waals surface area contributed by atoms with Crippen molar-refractivity contribution in [2.75, 3.05) is 6.54 Å². The maximum atomic E-state index is 13.8. The molecule has 0 saturated carbocycles. The smallest absolute Gasteiger partial charge is 0.126 e. The molecule has 1 heterocycles. The Kier molecular flexibility index (Phi) is 5.37. The third-order valence-corrected chi connectivity index (χ3v) is 4.00. The van der Waals surface area contributed by atoms with Gasteiger partial charge in [-0.1, -0.05) is 18.5 Å². The van der Waals surface area contributed by atoms with Crippen LogP contribution in [0.4, 0.5) is 4.39 Å². The monoisotopic (exact) mass is 297 g/mol. The fraction of sp³-hybridized carbons (Fsp3) is 0.333. The summed E-state index contributed by atoms with van der Waals surface area (Å²) in [5.41, 5.74) is 1.96. The lowest BCUT2D eigenvalue weighted by atomic mass is 10.00. The predicted octanol–water partition coefficient (Wildman–Crippen LogP) is 4.30. The Bertz CT molecular complexity index is 513. The van der Waals surface area contributed by atoms with E-state index in [2.05, 4.69) is 29.1 Å². The lowest BCUT2D eigenvalue weighted by Crippen LogP contribution is -2.33. The first-order valence-corrected chi connectivity index (χ1v) is 7.69.